The summed E-state index contributed by atoms with van der Waals surface area (Å²) >= 11 is 1.78. The minimum Gasteiger partial charge on any atom is -0.489 e. The van der Waals surface area contributed by atoms with Gasteiger partial charge >= 0.3 is 0 Å². The van der Waals surface area contributed by atoms with Gasteiger partial charge in [-0.1, -0.05) is 13.0 Å². The van der Waals surface area contributed by atoms with E-state index in [9.17, 15) is 0 Å². The third-order valence-electron chi connectivity index (χ3n) is 3.80. The van der Waals surface area contributed by atoms with E-state index in [1.165, 1.54) is 16.0 Å². The van der Waals surface area contributed by atoms with Gasteiger partial charge in [0.15, 0.2) is 11.5 Å². The smallest absolute Gasteiger partial charge is 0.161 e. The lowest BCUT2D eigenvalue weighted by molar-refractivity contribution is 0.228. The Kier molecular flexibility index (Phi) is 4.17. The molecule has 1 aromatic carbocycles. The van der Waals surface area contributed by atoms with E-state index in [1.807, 2.05) is 13.1 Å². The average Bonchev–Trinajstić information content (AvgIpc) is 2.81. The van der Waals surface area contributed by atoms with Crippen LogP contribution in [0.2, 0.25) is 0 Å². The molecule has 2 unspecified atom stereocenters. The molecule has 2 aromatic rings. The van der Waals surface area contributed by atoms with Crippen molar-refractivity contribution in [1.29, 1.82) is 0 Å². The Morgan fingerprint density at radius 3 is 2.62 bits per heavy atom. The number of nitrogens with one attached hydrogen (secondary N) is 1. The minimum atomic E-state index is 0.194. The van der Waals surface area contributed by atoms with E-state index < -0.39 is 0 Å². The van der Waals surface area contributed by atoms with E-state index >= 15 is 0 Å². The van der Waals surface area contributed by atoms with Crippen molar-refractivity contribution in [1.82, 2.24) is 5.32 Å². The molecule has 21 heavy (non-hydrogen) atoms. The van der Waals surface area contributed by atoms with E-state index in [0.29, 0.717) is 19.1 Å². The first-order valence-corrected chi connectivity index (χ1v) is 8.17. The third-order valence-corrected chi connectivity index (χ3v) is 4.88. The van der Waals surface area contributed by atoms with E-state index in [0.717, 1.165) is 11.5 Å². The summed E-state index contributed by atoms with van der Waals surface area (Å²) in [5, 5.41) is 5.55. The highest BCUT2D eigenvalue weighted by atomic mass is 32.1. The summed E-state index contributed by atoms with van der Waals surface area (Å²) in [5.74, 6) is 2.12. The molecular weight excluding hydrogens is 282 g/mol. The molecule has 3 nitrogen and oxygen atoms in total. The van der Waals surface area contributed by atoms with Crippen molar-refractivity contribution >= 4 is 11.3 Å². The van der Waals surface area contributed by atoms with Gasteiger partial charge in [0.25, 0.3) is 0 Å². The maximum atomic E-state index is 5.89. The number of rotatable bonds is 3. The van der Waals surface area contributed by atoms with Crippen LogP contribution in [0.5, 0.6) is 11.5 Å². The van der Waals surface area contributed by atoms with Crippen LogP contribution in [0.15, 0.2) is 29.6 Å². The molecule has 3 rings (SSSR count). The summed E-state index contributed by atoms with van der Waals surface area (Å²) < 4.78 is 11.7. The van der Waals surface area contributed by atoms with E-state index in [-0.39, 0.29) is 6.04 Å². The van der Waals surface area contributed by atoms with Gasteiger partial charge in [0, 0.05) is 10.8 Å². The predicted molar refractivity (Wildman–Crippen MR) is 86.6 cm³/mol. The molecule has 112 valence electrons. The fourth-order valence-electron chi connectivity index (χ4n) is 2.58. The van der Waals surface area contributed by atoms with Gasteiger partial charge in [-0.3, -0.25) is 0 Å². The summed E-state index contributed by atoms with van der Waals surface area (Å²) in [6.07, 6.45) is 0. The molecule has 0 bridgehead atoms. The van der Waals surface area contributed by atoms with E-state index in [2.05, 4.69) is 42.7 Å². The third kappa shape index (κ3) is 2.92. The quantitative estimate of drug-likeness (QED) is 0.936. The summed E-state index contributed by atoms with van der Waals surface area (Å²) in [7, 11) is 1.99. The first-order valence-electron chi connectivity index (χ1n) is 7.30. The maximum absolute atomic E-state index is 5.89. The zero-order valence-electron chi connectivity index (χ0n) is 12.7. The van der Waals surface area contributed by atoms with Gasteiger partial charge in [0.2, 0.25) is 0 Å². The fourth-order valence-corrected chi connectivity index (χ4v) is 3.64. The topological polar surface area (TPSA) is 30.5 Å². The van der Waals surface area contributed by atoms with Gasteiger partial charge in [0.05, 0.1) is 19.3 Å². The fraction of sp³-hybridized carbons (Fsp3) is 0.412. The zero-order valence-corrected chi connectivity index (χ0v) is 13.5. The van der Waals surface area contributed by atoms with Gasteiger partial charge in [-0.15, -0.1) is 11.3 Å². The standard InChI is InChI=1S/C17H21NO2S/c1-11-9-19-14-5-4-13(8-15(14)20-10-11)16(18-3)17-12(2)6-7-21-17/h4-8,11,16,18H,9-10H2,1-3H3. The van der Waals surface area contributed by atoms with E-state index in [4.69, 9.17) is 9.47 Å². The Hall–Kier alpha value is -1.52. The Labute approximate surface area is 129 Å². The Morgan fingerprint density at radius 2 is 1.95 bits per heavy atom. The molecule has 4 heteroatoms. The van der Waals surface area contributed by atoms with Crippen molar-refractivity contribution in [2.24, 2.45) is 5.92 Å². The molecule has 1 aromatic heterocycles. The second-order valence-corrected chi connectivity index (χ2v) is 6.57. The van der Waals surface area contributed by atoms with Crippen LogP contribution in [0, 0.1) is 12.8 Å². The number of hydrogen-bond acceptors (Lipinski definition) is 4. The molecule has 0 aliphatic carbocycles. The second kappa shape index (κ2) is 6.08. The lowest BCUT2D eigenvalue weighted by atomic mass is 10.0. The highest BCUT2D eigenvalue weighted by Crippen LogP contribution is 2.36. The predicted octanol–water partition coefficient (Wildman–Crippen LogP) is 3.77. The van der Waals surface area contributed by atoms with Crippen LogP contribution in [0.3, 0.4) is 0 Å². The zero-order chi connectivity index (χ0) is 14.8. The summed E-state index contributed by atoms with van der Waals surface area (Å²) in [5.41, 5.74) is 2.53. The molecule has 0 saturated carbocycles. The minimum absolute atomic E-state index is 0.194. The van der Waals surface area contributed by atoms with Gasteiger partial charge < -0.3 is 14.8 Å². The lowest BCUT2D eigenvalue weighted by Crippen LogP contribution is -2.17. The number of thiophene rings is 1. The highest BCUT2D eigenvalue weighted by Gasteiger charge is 2.20. The second-order valence-electron chi connectivity index (χ2n) is 5.62. The van der Waals surface area contributed by atoms with Crippen LogP contribution in [0.25, 0.3) is 0 Å². The highest BCUT2D eigenvalue weighted by molar-refractivity contribution is 7.10. The average molecular weight is 303 g/mol. The molecule has 0 amide bonds. The van der Waals surface area contributed by atoms with Crippen LogP contribution in [-0.4, -0.2) is 20.3 Å². The Bertz CT molecular complexity index is 623. The Balaban J connectivity index is 1.94. The van der Waals surface area contributed by atoms with Crippen molar-refractivity contribution in [2.45, 2.75) is 19.9 Å². The molecule has 1 aliphatic rings. The van der Waals surface area contributed by atoms with Crippen LogP contribution in [0.1, 0.15) is 29.0 Å². The van der Waals surface area contributed by atoms with Crippen LogP contribution in [0.4, 0.5) is 0 Å². The first-order chi connectivity index (χ1) is 10.2. The largest absolute Gasteiger partial charge is 0.489 e. The number of hydrogen-bond donors (Lipinski definition) is 1. The van der Waals surface area contributed by atoms with Crippen molar-refractivity contribution in [3.63, 3.8) is 0 Å². The molecule has 0 fully saturated rings. The van der Waals surface area contributed by atoms with Gasteiger partial charge in [-0.2, -0.15) is 0 Å². The molecule has 0 spiro atoms. The van der Waals surface area contributed by atoms with Gasteiger partial charge in [0.1, 0.15) is 0 Å². The molecule has 1 N–H and O–H groups in total. The number of ether oxygens (including phenoxy) is 2. The van der Waals surface area contributed by atoms with Crippen LogP contribution >= 0.6 is 11.3 Å². The molecule has 2 heterocycles. The molecular formula is C17H21NO2S. The Morgan fingerprint density at radius 1 is 1.19 bits per heavy atom. The summed E-state index contributed by atoms with van der Waals surface area (Å²) in [6, 6.07) is 8.61. The van der Waals surface area contributed by atoms with Gasteiger partial charge in [-0.25, -0.2) is 0 Å². The van der Waals surface area contributed by atoms with Crippen molar-refractivity contribution < 1.29 is 9.47 Å². The monoisotopic (exact) mass is 303 g/mol. The van der Waals surface area contributed by atoms with Crippen LogP contribution < -0.4 is 14.8 Å². The lowest BCUT2D eigenvalue weighted by Gasteiger charge is -2.18. The maximum Gasteiger partial charge on any atom is 0.161 e. The van der Waals surface area contributed by atoms with E-state index in [1.54, 1.807) is 11.3 Å². The van der Waals surface area contributed by atoms with Gasteiger partial charge in [-0.05, 0) is 48.7 Å². The molecule has 1 aliphatic heterocycles. The first kappa shape index (κ1) is 14.4. The summed E-state index contributed by atoms with van der Waals surface area (Å²) in [4.78, 5) is 1.35. The number of aryl methyl sites for hydroxylation is 1. The normalized spacial score (nSPS) is 19.1. The molecule has 2 atom stereocenters. The van der Waals surface area contributed by atoms with Crippen molar-refractivity contribution in [2.75, 3.05) is 20.3 Å². The molecule has 0 saturated heterocycles. The van der Waals surface area contributed by atoms with Crippen molar-refractivity contribution in [3.05, 3.63) is 45.6 Å². The summed E-state index contributed by atoms with van der Waals surface area (Å²) in [6.45, 7) is 5.71. The number of fused-ring (bicyclic) bond motifs is 1. The molecule has 0 radical (unpaired) electrons. The van der Waals surface area contributed by atoms with Crippen molar-refractivity contribution in [3.8, 4) is 11.5 Å². The van der Waals surface area contributed by atoms with Crippen LogP contribution in [-0.2, 0) is 0 Å². The number of benzene rings is 1. The SMILES string of the molecule is CNC(c1ccc2c(c1)OCC(C)CO2)c1sccc1C.